The molecule has 1 N–H and O–H groups in total. The van der Waals surface area contributed by atoms with Crippen LogP contribution in [0.2, 0.25) is 0 Å². The molecule has 106 valence electrons. The van der Waals surface area contributed by atoms with Gasteiger partial charge in [0.2, 0.25) is 0 Å². The zero-order valence-electron chi connectivity index (χ0n) is 12.1. The Morgan fingerprint density at radius 1 is 1.35 bits per heavy atom. The molecule has 0 fully saturated rings. The third-order valence-corrected chi connectivity index (χ3v) is 3.52. The number of aryl methyl sites for hydroxylation is 3. The molecule has 1 amide bonds. The highest BCUT2D eigenvalue weighted by Gasteiger charge is 2.13. The van der Waals surface area contributed by atoms with Crippen LogP contribution in [0.3, 0.4) is 0 Å². The normalized spacial score (nSPS) is 10.7. The van der Waals surface area contributed by atoms with Gasteiger partial charge in [0, 0.05) is 30.4 Å². The molecule has 1 aromatic carbocycles. The van der Waals surface area contributed by atoms with Crippen LogP contribution in [0.25, 0.3) is 0 Å². The lowest BCUT2D eigenvalue weighted by molar-refractivity contribution is 0.0950. The van der Waals surface area contributed by atoms with Crippen molar-refractivity contribution < 1.29 is 9.18 Å². The van der Waals surface area contributed by atoms with Crippen LogP contribution in [0.5, 0.6) is 0 Å². The summed E-state index contributed by atoms with van der Waals surface area (Å²) < 4.78 is 14.8. The van der Waals surface area contributed by atoms with Gasteiger partial charge >= 0.3 is 0 Å². The highest BCUT2D eigenvalue weighted by Crippen LogP contribution is 2.13. The predicted molar refractivity (Wildman–Crippen MR) is 75.0 cm³/mol. The number of amides is 1. The predicted octanol–water partition coefficient (Wildman–Crippen LogP) is 2.41. The molecule has 2 aromatic rings. The van der Waals surface area contributed by atoms with Gasteiger partial charge in [-0.3, -0.25) is 9.48 Å². The molecule has 0 saturated heterocycles. The van der Waals surface area contributed by atoms with E-state index in [-0.39, 0.29) is 11.7 Å². The van der Waals surface area contributed by atoms with Gasteiger partial charge < -0.3 is 5.32 Å². The maximum Gasteiger partial charge on any atom is 0.251 e. The lowest BCUT2D eigenvalue weighted by Gasteiger charge is -2.08. The summed E-state index contributed by atoms with van der Waals surface area (Å²) in [6.07, 6.45) is 0. The highest BCUT2D eigenvalue weighted by molar-refractivity contribution is 5.95. The average Bonchev–Trinajstić information content (AvgIpc) is 2.61. The minimum atomic E-state index is -0.335. The Morgan fingerprint density at radius 2 is 2.05 bits per heavy atom. The molecule has 0 unspecified atom stereocenters. The van der Waals surface area contributed by atoms with Gasteiger partial charge in [0.05, 0.1) is 5.69 Å². The third kappa shape index (κ3) is 2.71. The first-order valence-electron chi connectivity index (χ1n) is 6.43. The minimum Gasteiger partial charge on any atom is -0.348 e. The Morgan fingerprint density at radius 3 is 2.60 bits per heavy atom. The molecule has 4 nitrogen and oxygen atoms in total. The van der Waals surface area contributed by atoms with E-state index in [1.165, 1.54) is 18.2 Å². The van der Waals surface area contributed by atoms with Crippen LogP contribution < -0.4 is 5.32 Å². The number of carbonyl (C=O) groups is 1. The first-order valence-corrected chi connectivity index (χ1v) is 6.43. The van der Waals surface area contributed by atoms with Crippen molar-refractivity contribution in [1.82, 2.24) is 15.1 Å². The number of hydrogen-bond donors (Lipinski definition) is 1. The van der Waals surface area contributed by atoms with E-state index in [1.54, 1.807) is 11.6 Å². The van der Waals surface area contributed by atoms with Gasteiger partial charge in [-0.05, 0) is 44.5 Å². The standard InChI is InChI=1S/C15H18FN3O/c1-9-7-12(16)5-6-13(9)15(20)17-8-14-10(2)18-19(4)11(14)3/h5-7H,8H2,1-4H3,(H,17,20). The fraction of sp³-hybridized carbons (Fsp3) is 0.333. The molecule has 2 rings (SSSR count). The van der Waals surface area contributed by atoms with Crippen LogP contribution in [-0.4, -0.2) is 15.7 Å². The van der Waals surface area contributed by atoms with Crippen molar-refractivity contribution in [3.63, 3.8) is 0 Å². The van der Waals surface area contributed by atoms with E-state index in [0.717, 1.165) is 17.0 Å². The van der Waals surface area contributed by atoms with Crippen molar-refractivity contribution >= 4 is 5.91 Å². The summed E-state index contributed by atoms with van der Waals surface area (Å²) in [7, 11) is 1.87. The molecular weight excluding hydrogens is 257 g/mol. The summed E-state index contributed by atoms with van der Waals surface area (Å²) in [6, 6.07) is 4.15. The molecule has 0 saturated carbocycles. The van der Waals surface area contributed by atoms with Crippen LogP contribution in [-0.2, 0) is 13.6 Å². The van der Waals surface area contributed by atoms with Gasteiger partial charge in [-0.2, -0.15) is 5.10 Å². The fourth-order valence-corrected chi connectivity index (χ4v) is 2.22. The van der Waals surface area contributed by atoms with E-state index < -0.39 is 0 Å². The Labute approximate surface area is 117 Å². The number of halogens is 1. The zero-order valence-corrected chi connectivity index (χ0v) is 12.1. The Bertz CT molecular complexity index is 661. The number of aromatic nitrogens is 2. The van der Waals surface area contributed by atoms with Crippen molar-refractivity contribution in [2.24, 2.45) is 7.05 Å². The van der Waals surface area contributed by atoms with Gasteiger partial charge in [0.1, 0.15) is 5.82 Å². The van der Waals surface area contributed by atoms with Crippen molar-refractivity contribution in [2.45, 2.75) is 27.3 Å². The molecule has 0 aliphatic rings. The minimum absolute atomic E-state index is 0.204. The van der Waals surface area contributed by atoms with Gasteiger partial charge in [-0.25, -0.2) is 4.39 Å². The smallest absolute Gasteiger partial charge is 0.251 e. The molecule has 0 radical (unpaired) electrons. The monoisotopic (exact) mass is 275 g/mol. The number of carbonyl (C=O) groups excluding carboxylic acids is 1. The second-order valence-electron chi connectivity index (χ2n) is 4.91. The largest absolute Gasteiger partial charge is 0.348 e. The highest BCUT2D eigenvalue weighted by atomic mass is 19.1. The summed E-state index contributed by atoms with van der Waals surface area (Å²) in [6.45, 7) is 6.02. The van der Waals surface area contributed by atoms with Crippen LogP contribution in [0.1, 0.15) is 32.9 Å². The number of nitrogens with one attached hydrogen (secondary N) is 1. The van der Waals surface area contributed by atoms with Gasteiger partial charge in [0.25, 0.3) is 5.91 Å². The average molecular weight is 275 g/mol. The van der Waals surface area contributed by atoms with E-state index in [0.29, 0.717) is 17.7 Å². The third-order valence-electron chi connectivity index (χ3n) is 3.52. The van der Waals surface area contributed by atoms with Crippen LogP contribution >= 0.6 is 0 Å². The first-order chi connectivity index (χ1) is 9.40. The molecule has 1 heterocycles. The summed E-state index contributed by atoms with van der Waals surface area (Å²) in [4.78, 5) is 12.1. The van der Waals surface area contributed by atoms with Crippen molar-refractivity contribution in [3.8, 4) is 0 Å². The van der Waals surface area contributed by atoms with E-state index in [1.807, 2.05) is 20.9 Å². The zero-order chi connectivity index (χ0) is 14.9. The van der Waals surface area contributed by atoms with E-state index >= 15 is 0 Å². The topological polar surface area (TPSA) is 46.9 Å². The molecular formula is C15H18FN3O. The summed E-state index contributed by atoms with van der Waals surface area (Å²) in [5.41, 5.74) is 4.06. The maximum absolute atomic E-state index is 13.0. The molecule has 0 atom stereocenters. The van der Waals surface area contributed by atoms with Gasteiger partial charge in [-0.15, -0.1) is 0 Å². The van der Waals surface area contributed by atoms with Crippen LogP contribution in [0.4, 0.5) is 4.39 Å². The van der Waals surface area contributed by atoms with E-state index in [4.69, 9.17) is 0 Å². The number of benzene rings is 1. The second kappa shape index (κ2) is 5.45. The van der Waals surface area contributed by atoms with Crippen molar-refractivity contribution in [3.05, 3.63) is 52.1 Å². The second-order valence-corrected chi connectivity index (χ2v) is 4.91. The molecule has 0 spiro atoms. The summed E-state index contributed by atoms with van der Waals surface area (Å²) in [5.74, 6) is -0.539. The quantitative estimate of drug-likeness (QED) is 0.935. The van der Waals surface area contributed by atoms with Gasteiger partial charge in [-0.1, -0.05) is 0 Å². The lowest BCUT2D eigenvalue weighted by Crippen LogP contribution is -2.24. The number of nitrogens with zero attached hydrogens (tertiary/aromatic N) is 2. The Balaban J connectivity index is 2.12. The Hall–Kier alpha value is -2.17. The van der Waals surface area contributed by atoms with Gasteiger partial charge in [0.15, 0.2) is 0 Å². The van der Waals surface area contributed by atoms with Crippen molar-refractivity contribution in [1.29, 1.82) is 0 Å². The van der Waals surface area contributed by atoms with Crippen LogP contribution in [0.15, 0.2) is 18.2 Å². The summed E-state index contributed by atoms with van der Waals surface area (Å²) >= 11 is 0. The fourth-order valence-electron chi connectivity index (χ4n) is 2.22. The van der Waals surface area contributed by atoms with E-state index in [9.17, 15) is 9.18 Å². The first kappa shape index (κ1) is 14.2. The Kier molecular flexibility index (Phi) is 3.88. The number of rotatable bonds is 3. The molecule has 20 heavy (non-hydrogen) atoms. The lowest BCUT2D eigenvalue weighted by atomic mass is 10.1. The molecule has 0 aliphatic carbocycles. The molecule has 5 heteroatoms. The molecule has 0 aliphatic heterocycles. The van der Waals surface area contributed by atoms with Crippen LogP contribution in [0, 0.1) is 26.6 Å². The number of hydrogen-bond acceptors (Lipinski definition) is 2. The summed E-state index contributed by atoms with van der Waals surface area (Å²) in [5, 5.41) is 7.16. The SMILES string of the molecule is Cc1cc(F)ccc1C(=O)NCc1c(C)nn(C)c1C. The maximum atomic E-state index is 13.0. The molecule has 0 bridgehead atoms. The van der Waals surface area contributed by atoms with Crippen molar-refractivity contribution in [2.75, 3.05) is 0 Å². The molecule has 1 aromatic heterocycles. The van der Waals surface area contributed by atoms with E-state index in [2.05, 4.69) is 10.4 Å².